The summed E-state index contributed by atoms with van der Waals surface area (Å²) in [7, 11) is 0. The molecule has 4 atom stereocenters. The third-order valence-corrected chi connectivity index (χ3v) is 4.03. The fourth-order valence-electron chi connectivity index (χ4n) is 3.26. The van der Waals surface area contributed by atoms with E-state index >= 15 is 0 Å². The molecule has 0 bridgehead atoms. The highest BCUT2D eigenvalue weighted by Crippen LogP contribution is 2.46. The van der Waals surface area contributed by atoms with Crippen molar-refractivity contribution < 1.29 is 5.11 Å². The van der Waals surface area contributed by atoms with Crippen molar-refractivity contribution in [1.82, 2.24) is 5.32 Å². The standard InChI is InChI=1S/C10H19NO/c1-7(12)9-4-3-8-5-6-11-10(8,9)2/h7-9,11-12H,3-6H2,1-2H3/t7-,8+,9-,10-/m1/s1. The van der Waals surface area contributed by atoms with Crippen LogP contribution in [0.4, 0.5) is 0 Å². The minimum Gasteiger partial charge on any atom is -0.393 e. The van der Waals surface area contributed by atoms with Crippen LogP contribution in [0, 0.1) is 11.8 Å². The van der Waals surface area contributed by atoms with Crippen LogP contribution in [-0.2, 0) is 0 Å². The highest BCUT2D eigenvalue weighted by atomic mass is 16.3. The third-order valence-electron chi connectivity index (χ3n) is 4.03. The van der Waals surface area contributed by atoms with Gasteiger partial charge in [0.15, 0.2) is 0 Å². The molecule has 2 rings (SSSR count). The van der Waals surface area contributed by atoms with Gasteiger partial charge in [-0.15, -0.1) is 0 Å². The lowest BCUT2D eigenvalue weighted by atomic mass is 9.81. The predicted molar refractivity (Wildman–Crippen MR) is 48.9 cm³/mol. The van der Waals surface area contributed by atoms with E-state index in [0.29, 0.717) is 5.92 Å². The van der Waals surface area contributed by atoms with Gasteiger partial charge in [0, 0.05) is 11.5 Å². The van der Waals surface area contributed by atoms with E-state index in [2.05, 4.69) is 12.2 Å². The van der Waals surface area contributed by atoms with E-state index < -0.39 is 0 Å². The van der Waals surface area contributed by atoms with Crippen LogP contribution in [0.1, 0.15) is 33.1 Å². The molecule has 2 heteroatoms. The number of hydrogen-bond acceptors (Lipinski definition) is 2. The Hall–Kier alpha value is -0.0800. The summed E-state index contributed by atoms with van der Waals surface area (Å²) in [6.45, 7) is 5.36. The van der Waals surface area contributed by atoms with Gasteiger partial charge in [0.05, 0.1) is 6.10 Å². The molecule has 1 heterocycles. The zero-order valence-electron chi connectivity index (χ0n) is 8.01. The van der Waals surface area contributed by atoms with Crippen molar-refractivity contribution in [1.29, 1.82) is 0 Å². The molecule has 2 fully saturated rings. The third kappa shape index (κ3) is 1.01. The second kappa shape index (κ2) is 2.71. The molecule has 1 aliphatic carbocycles. The zero-order chi connectivity index (χ0) is 8.77. The van der Waals surface area contributed by atoms with Gasteiger partial charge in [-0.1, -0.05) is 0 Å². The lowest BCUT2D eigenvalue weighted by Gasteiger charge is -2.33. The van der Waals surface area contributed by atoms with Crippen molar-refractivity contribution in [2.24, 2.45) is 11.8 Å². The first kappa shape index (κ1) is 8.52. The van der Waals surface area contributed by atoms with Gasteiger partial charge in [0.25, 0.3) is 0 Å². The Morgan fingerprint density at radius 2 is 2.17 bits per heavy atom. The largest absolute Gasteiger partial charge is 0.393 e. The molecule has 70 valence electrons. The molecule has 0 spiro atoms. The van der Waals surface area contributed by atoms with Crippen molar-refractivity contribution >= 4 is 0 Å². The van der Waals surface area contributed by atoms with Crippen LogP contribution in [0.3, 0.4) is 0 Å². The molecule has 2 nitrogen and oxygen atoms in total. The van der Waals surface area contributed by atoms with Crippen molar-refractivity contribution in [3.05, 3.63) is 0 Å². The lowest BCUT2D eigenvalue weighted by Crippen LogP contribution is -2.48. The van der Waals surface area contributed by atoms with Crippen molar-refractivity contribution in [2.45, 2.75) is 44.8 Å². The summed E-state index contributed by atoms with van der Waals surface area (Å²) >= 11 is 0. The zero-order valence-corrected chi connectivity index (χ0v) is 8.01. The number of fused-ring (bicyclic) bond motifs is 1. The van der Waals surface area contributed by atoms with E-state index in [0.717, 1.165) is 12.5 Å². The Balaban J connectivity index is 2.18. The number of aliphatic hydroxyl groups excluding tert-OH is 1. The highest BCUT2D eigenvalue weighted by molar-refractivity contribution is 5.06. The molecule has 0 unspecified atom stereocenters. The fraction of sp³-hybridized carbons (Fsp3) is 1.00. The van der Waals surface area contributed by atoms with Gasteiger partial charge < -0.3 is 10.4 Å². The van der Waals surface area contributed by atoms with Crippen LogP contribution >= 0.6 is 0 Å². The Morgan fingerprint density at radius 1 is 1.42 bits per heavy atom. The normalized spacial score (nSPS) is 49.2. The van der Waals surface area contributed by atoms with Crippen LogP contribution in [0.25, 0.3) is 0 Å². The maximum Gasteiger partial charge on any atom is 0.0557 e. The molecule has 0 aromatic carbocycles. The minimum atomic E-state index is -0.148. The summed E-state index contributed by atoms with van der Waals surface area (Å²) in [5.74, 6) is 1.29. The molecule has 1 saturated heterocycles. The first-order chi connectivity index (χ1) is 5.64. The maximum absolute atomic E-state index is 9.62. The van der Waals surface area contributed by atoms with E-state index in [1.54, 1.807) is 0 Å². The summed E-state index contributed by atoms with van der Waals surface area (Å²) in [5.41, 5.74) is 0.244. The average Bonchev–Trinajstić information content (AvgIpc) is 2.42. The Morgan fingerprint density at radius 3 is 2.83 bits per heavy atom. The average molecular weight is 169 g/mol. The van der Waals surface area contributed by atoms with Crippen molar-refractivity contribution in [3.8, 4) is 0 Å². The lowest BCUT2D eigenvalue weighted by molar-refractivity contribution is 0.0797. The van der Waals surface area contributed by atoms with Gasteiger partial charge in [-0.05, 0) is 45.6 Å². The summed E-state index contributed by atoms with van der Waals surface area (Å²) in [6.07, 6.45) is 3.66. The Kier molecular flexibility index (Phi) is 1.92. The van der Waals surface area contributed by atoms with Crippen LogP contribution in [0.5, 0.6) is 0 Å². The maximum atomic E-state index is 9.62. The molecule has 2 aliphatic rings. The summed E-state index contributed by atoms with van der Waals surface area (Å²) in [5, 5.41) is 13.2. The molecule has 12 heavy (non-hydrogen) atoms. The van der Waals surface area contributed by atoms with Gasteiger partial charge in [-0.2, -0.15) is 0 Å². The molecule has 0 amide bonds. The molecule has 1 aliphatic heterocycles. The summed E-state index contributed by atoms with van der Waals surface area (Å²) < 4.78 is 0. The highest BCUT2D eigenvalue weighted by Gasteiger charge is 2.50. The number of hydrogen-bond donors (Lipinski definition) is 2. The van der Waals surface area contributed by atoms with E-state index in [4.69, 9.17) is 0 Å². The van der Waals surface area contributed by atoms with Gasteiger partial charge in [-0.25, -0.2) is 0 Å². The van der Waals surface area contributed by atoms with Gasteiger partial charge >= 0.3 is 0 Å². The van der Waals surface area contributed by atoms with Gasteiger partial charge in [0.2, 0.25) is 0 Å². The second-order valence-electron chi connectivity index (χ2n) is 4.62. The van der Waals surface area contributed by atoms with Gasteiger partial charge in [-0.3, -0.25) is 0 Å². The quantitative estimate of drug-likeness (QED) is 0.617. The van der Waals surface area contributed by atoms with Crippen molar-refractivity contribution in [2.75, 3.05) is 6.54 Å². The minimum absolute atomic E-state index is 0.148. The summed E-state index contributed by atoms with van der Waals surface area (Å²) in [6, 6.07) is 0. The molecule has 0 aromatic heterocycles. The van der Waals surface area contributed by atoms with Crippen LogP contribution < -0.4 is 5.32 Å². The van der Waals surface area contributed by atoms with Crippen LogP contribution in [0.15, 0.2) is 0 Å². The Labute approximate surface area is 74.4 Å². The Bertz CT molecular complexity index is 181. The first-order valence-electron chi connectivity index (χ1n) is 5.07. The number of aliphatic hydroxyl groups is 1. The monoisotopic (exact) mass is 169 g/mol. The molecule has 2 N–H and O–H groups in total. The van der Waals surface area contributed by atoms with E-state index in [9.17, 15) is 5.11 Å². The molecule has 0 radical (unpaired) electrons. The van der Waals surface area contributed by atoms with E-state index in [1.165, 1.54) is 19.3 Å². The second-order valence-corrected chi connectivity index (χ2v) is 4.62. The molecular formula is C10H19NO. The van der Waals surface area contributed by atoms with Crippen LogP contribution in [-0.4, -0.2) is 23.3 Å². The summed E-state index contributed by atoms with van der Waals surface area (Å²) in [4.78, 5) is 0. The number of rotatable bonds is 1. The smallest absolute Gasteiger partial charge is 0.0557 e. The topological polar surface area (TPSA) is 32.3 Å². The molecule has 0 aromatic rings. The van der Waals surface area contributed by atoms with E-state index in [-0.39, 0.29) is 11.6 Å². The SMILES string of the molecule is C[C@@H](O)[C@H]1CC[C@H]2CCN[C@]21C. The number of nitrogens with one attached hydrogen (secondary N) is 1. The van der Waals surface area contributed by atoms with Crippen molar-refractivity contribution in [3.63, 3.8) is 0 Å². The predicted octanol–water partition coefficient (Wildman–Crippen LogP) is 1.15. The fourth-order valence-corrected chi connectivity index (χ4v) is 3.26. The van der Waals surface area contributed by atoms with Gasteiger partial charge in [0.1, 0.15) is 0 Å². The van der Waals surface area contributed by atoms with Crippen LogP contribution in [0.2, 0.25) is 0 Å². The molecule has 1 saturated carbocycles. The molecular weight excluding hydrogens is 150 g/mol. The first-order valence-corrected chi connectivity index (χ1v) is 5.07. The van der Waals surface area contributed by atoms with E-state index in [1.807, 2.05) is 6.92 Å².